The number of para-hydroxylation sites is 2. The van der Waals surface area contributed by atoms with Crippen LogP contribution >= 0.6 is 0 Å². The highest BCUT2D eigenvalue weighted by Gasteiger charge is 2.13. The lowest BCUT2D eigenvalue weighted by Crippen LogP contribution is -2.07. The van der Waals surface area contributed by atoms with E-state index in [9.17, 15) is 4.79 Å². The summed E-state index contributed by atoms with van der Waals surface area (Å²) in [5.41, 5.74) is 3.50. The van der Waals surface area contributed by atoms with E-state index in [2.05, 4.69) is 15.3 Å². The Hall–Kier alpha value is -2.82. The molecular formula is C16H15N3O2. The normalized spacial score (nSPS) is 12.2. The highest BCUT2D eigenvalue weighted by molar-refractivity contribution is 5.78. The minimum atomic E-state index is -0.826. The first-order valence-corrected chi connectivity index (χ1v) is 6.68. The molecule has 0 bridgehead atoms. The standard InChI is InChI=1S/C16H15N3O2/c1-10(15(20)21)11-6-8-12(9-7-11)17-16-18-13-4-2-3-5-14(13)19-16/h2-10H,1H3,(H,20,21)(H2,17,18,19). The summed E-state index contributed by atoms with van der Waals surface area (Å²) in [7, 11) is 0. The largest absolute Gasteiger partial charge is 0.481 e. The van der Waals surface area contributed by atoms with Crippen molar-refractivity contribution in [1.29, 1.82) is 0 Å². The van der Waals surface area contributed by atoms with Crippen molar-refractivity contribution in [2.24, 2.45) is 0 Å². The van der Waals surface area contributed by atoms with Crippen molar-refractivity contribution in [2.75, 3.05) is 5.32 Å². The SMILES string of the molecule is CC(C(=O)O)c1ccc(Nc2nc3ccccc3[nH]2)cc1. The third-order valence-electron chi connectivity index (χ3n) is 3.43. The fraction of sp³-hybridized carbons (Fsp3) is 0.125. The molecule has 21 heavy (non-hydrogen) atoms. The van der Waals surface area contributed by atoms with Gasteiger partial charge >= 0.3 is 5.97 Å². The number of H-pyrrole nitrogens is 1. The summed E-state index contributed by atoms with van der Waals surface area (Å²) in [6.45, 7) is 1.67. The average Bonchev–Trinajstić information content (AvgIpc) is 2.89. The van der Waals surface area contributed by atoms with E-state index in [1.165, 1.54) is 0 Å². The van der Waals surface area contributed by atoms with E-state index in [1.54, 1.807) is 6.92 Å². The molecule has 0 amide bonds. The Balaban J connectivity index is 1.80. The van der Waals surface area contributed by atoms with Gasteiger partial charge in [0.05, 0.1) is 17.0 Å². The second-order valence-electron chi connectivity index (χ2n) is 4.91. The number of fused-ring (bicyclic) bond motifs is 1. The van der Waals surface area contributed by atoms with Gasteiger partial charge in [0.2, 0.25) is 5.95 Å². The van der Waals surface area contributed by atoms with Gasteiger partial charge < -0.3 is 15.4 Å². The number of aliphatic carboxylic acids is 1. The molecule has 0 saturated heterocycles. The zero-order chi connectivity index (χ0) is 14.8. The summed E-state index contributed by atoms with van der Waals surface area (Å²) in [6.07, 6.45) is 0. The van der Waals surface area contributed by atoms with Crippen LogP contribution in [0.25, 0.3) is 11.0 Å². The third kappa shape index (κ3) is 2.72. The van der Waals surface area contributed by atoms with Crippen molar-refractivity contribution < 1.29 is 9.90 Å². The number of nitrogens with zero attached hydrogens (tertiary/aromatic N) is 1. The third-order valence-corrected chi connectivity index (χ3v) is 3.43. The molecule has 2 aromatic carbocycles. The molecule has 0 fully saturated rings. The van der Waals surface area contributed by atoms with Crippen LogP contribution in [0.1, 0.15) is 18.4 Å². The number of aromatic nitrogens is 2. The van der Waals surface area contributed by atoms with Crippen molar-refractivity contribution in [2.45, 2.75) is 12.8 Å². The molecule has 0 radical (unpaired) electrons. The molecule has 1 atom stereocenters. The Labute approximate surface area is 121 Å². The first-order chi connectivity index (χ1) is 10.1. The number of anilines is 2. The van der Waals surface area contributed by atoms with Crippen LogP contribution in [-0.4, -0.2) is 21.0 Å². The number of carbonyl (C=O) groups is 1. The summed E-state index contributed by atoms with van der Waals surface area (Å²) in [5.74, 6) is -0.673. The zero-order valence-corrected chi connectivity index (χ0v) is 11.5. The minimum absolute atomic E-state index is 0.509. The van der Waals surface area contributed by atoms with Crippen molar-refractivity contribution >= 4 is 28.6 Å². The molecule has 1 aromatic heterocycles. The van der Waals surface area contributed by atoms with Crippen LogP contribution in [0.3, 0.4) is 0 Å². The summed E-state index contributed by atoms with van der Waals surface area (Å²) < 4.78 is 0. The van der Waals surface area contributed by atoms with Gasteiger partial charge in [-0.15, -0.1) is 0 Å². The molecule has 3 rings (SSSR count). The summed E-state index contributed by atoms with van der Waals surface area (Å²) in [5, 5.41) is 12.2. The Bertz CT molecular complexity index is 745. The molecule has 5 heteroatoms. The topological polar surface area (TPSA) is 78.0 Å². The summed E-state index contributed by atoms with van der Waals surface area (Å²) in [6, 6.07) is 15.1. The van der Waals surface area contributed by atoms with Crippen molar-refractivity contribution in [1.82, 2.24) is 9.97 Å². The van der Waals surface area contributed by atoms with Crippen molar-refractivity contribution in [3.8, 4) is 0 Å². The van der Waals surface area contributed by atoms with E-state index in [0.29, 0.717) is 5.95 Å². The zero-order valence-electron chi connectivity index (χ0n) is 11.5. The average molecular weight is 281 g/mol. The molecule has 0 aliphatic carbocycles. The van der Waals surface area contributed by atoms with Crippen LogP contribution < -0.4 is 5.32 Å². The molecule has 0 spiro atoms. The maximum absolute atomic E-state index is 10.9. The van der Waals surface area contributed by atoms with Gasteiger partial charge in [0.25, 0.3) is 0 Å². The molecule has 106 valence electrons. The number of aromatic amines is 1. The van der Waals surface area contributed by atoms with Gasteiger partial charge in [-0.05, 0) is 36.8 Å². The summed E-state index contributed by atoms with van der Waals surface area (Å²) >= 11 is 0. The number of benzene rings is 2. The van der Waals surface area contributed by atoms with E-state index < -0.39 is 11.9 Å². The second kappa shape index (κ2) is 5.28. The lowest BCUT2D eigenvalue weighted by molar-refractivity contribution is -0.138. The smallest absolute Gasteiger partial charge is 0.310 e. The molecule has 1 unspecified atom stereocenters. The number of imidazole rings is 1. The van der Waals surface area contributed by atoms with Gasteiger partial charge in [0, 0.05) is 5.69 Å². The van der Waals surface area contributed by atoms with Crippen LogP contribution in [0.2, 0.25) is 0 Å². The van der Waals surface area contributed by atoms with E-state index in [1.807, 2.05) is 48.5 Å². The predicted molar refractivity (Wildman–Crippen MR) is 81.9 cm³/mol. The van der Waals surface area contributed by atoms with E-state index in [4.69, 9.17) is 5.11 Å². The van der Waals surface area contributed by atoms with Crippen LogP contribution in [0.5, 0.6) is 0 Å². The van der Waals surface area contributed by atoms with Gasteiger partial charge in [0.15, 0.2) is 0 Å². The van der Waals surface area contributed by atoms with Gasteiger partial charge in [-0.1, -0.05) is 24.3 Å². The van der Waals surface area contributed by atoms with Gasteiger partial charge in [-0.2, -0.15) is 0 Å². The number of carboxylic acid groups (broad SMARTS) is 1. The lowest BCUT2D eigenvalue weighted by atomic mass is 10.0. The van der Waals surface area contributed by atoms with Crippen molar-refractivity contribution in [3.63, 3.8) is 0 Å². The number of hydrogen-bond donors (Lipinski definition) is 3. The van der Waals surface area contributed by atoms with Crippen LogP contribution in [0.15, 0.2) is 48.5 Å². The maximum atomic E-state index is 10.9. The molecule has 0 saturated carbocycles. The minimum Gasteiger partial charge on any atom is -0.481 e. The first kappa shape index (κ1) is 13.2. The van der Waals surface area contributed by atoms with Gasteiger partial charge in [-0.25, -0.2) is 4.98 Å². The van der Waals surface area contributed by atoms with Crippen LogP contribution in [-0.2, 0) is 4.79 Å². The fourth-order valence-corrected chi connectivity index (χ4v) is 2.15. The molecule has 0 aliphatic rings. The predicted octanol–water partition coefficient (Wildman–Crippen LogP) is 3.49. The highest BCUT2D eigenvalue weighted by Crippen LogP contribution is 2.21. The van der Waals surface area contributed by atoms with Crippen LogP contribution in [0, 0.1) is 0 Å². The molecule has 1 heterocycles. The number of rotatable bonds is 4. The molecule has 3 aromatic rings. The Morgan fingerprint density at radius 2 is 1.90 bits per heavy atom. The number of hydrogen-bond acceptors (Lipinski definition) is 3. The first-order valence-electron chi connectivity index (χ1n) is 6.68. The molecule has 3 N–H and O–H groups in total. The van der Waals surface area contributed by atoms with Gasteiger partial charge in [0.1, 0.15) is 0 Å². The Kier molecular flexibility index (Phi) is 3.31. The van der Waals surface area contributed by atoms with E-state index in [-0.39, 0.29) is 0 Å². The second-order valence-corrected chi connectivity index (χ2v) is 4.91. The molecule has 5 nitrogen and oxygen atoms in total. The van der Waals surface area contributed by atoms with E-state index >= 15 is 0 Å². The monoisotopic (exact) mass is 281 g/mol. The molecular weight excluding hydrogens is 266 g/mol. The number of nitrogens with one attached hydrogen (secondary N) is 2. The fourth-order valence-electron chi connectivity index (χ4n) is 2.15. The highest BCUT2D eigenvalue weighted by atomic mass is 16.4. The van der Waals surface area contributed by atoms with Crippen LogP contribution in [0.4, 0.5) is 11.6 Å². The Morgan fingerprint density at radius 3 is 2.57 bits per heavy atom. The Morgan fingerprint density at radius 1 is 1.19 bits per heavy atom. The maximum Gasteiger partial charge on any atom is 0.310 e. The van der Waals surface area contributed by atoms with E-state index in [0.717, 1.165) is 22.3 Å². The van der Waals surface area contributed by atoms with Crippen molar-refractivity contribution in [3.05, 3.63) is 54.1 Å². The van der Waals surface area contributed by atoms with Gasteiger partial charge in [-0.3, -0.25) is 4.79 Å². The quantitative estimate of drug-likeness (QED) is 0.684. The summed E-state index contributed by atoms with van der Waals surface area (Å²) in [4.78, 5) is 18.6. The number of carboxylic acids is 1. The molecule has 0 aliphatic heterocycles. The lowest BCUT2D eigenvalue weighted by Gasteiger charge is -2.08.